The second kappa shape index (κ2) is 6.63. The Kier molecular flexibility index (Phi) is 4.55. The number of hydrogen-bond donors (Lipinski definition) is 1. The summed E-state index contributed by atoms with van der Waals surface area (Å²) in [5, 5.41) is 1.03. The van der Waals surface area contributed by atoms with Gasteiger partial charge in [0.1, 0.15) is 5.58 Å². The third kappa shape index (κ3) is 3.62. The van der Waals surface area contributed by atoms with Crippen LogP contribution in [0.1, 0.15) is 29.5 Å². The van der Waals surface area contributed by atoms with Crippen LogP contribution in [0.15, 0.2) is 22.8 Å². The molecule has 0 spiro atoms. The zero-order chi connectivity index (χ0) is 19.3. The topological polar surface area (TPSA) is 79.6 Å². The lowest BCUT2D eigenvalue weighted by Gasteiger charge is -2.38. The van der Waals surface area contributed by atoms with Crippen LogP contribution in [0.25, 0.3) is 11.0 Å². The second-order valence-corrected chi connectivity index (χ2v) is 9.98. The van der Waals surface area contributed by atoms with E-state index in [2.05, 4.69) is 10.8 Å². The summed E-state index contributed by atoms with van der Waals surface area (Å²) in [5.74, 6) is 0.494. The SMILES string of the molecule is Cc1cc(C)c2c(CC(=O)N3CC4CCC(C3)C4NS(C)(=O)=O)coc2c1. The molecule has 2 bridgehead atoms. The lowest BCUT2D eigenvalue weighted by Crippen LogP contribution is -2.53. The van der Waals surface area contributed by atoms with Crippen LogP contribution in [-0.2, 0) is 21.2 Å². The quantitative estimate of drug-likeness (QED) is 0.869. The Labute approximate surface area is 160 Å². The van der Waals surface area contributed by atoms with Crippen LogP contribution in [0.3, 0.4) is 0 Å². The number of rotatable bonds is 4. The molecule has 2 fully saturated rings. The number of fused-ring (bicyclic) bond motifs is 3. The number of amides is 1. The summed E-state index contributed by atoms with van der Waals surface area (Å²) in [7, 11) is -3.23. The van der Waals surface area contributed by atoms with E-state index in [1.165, 1.54) is 6.26 Å². The first-order valence-electron chi connectivity index (χ1n) is 9.43. The molecule has 2 aromatic rings. The van der Waals surface area contributed by atoms with Crippen molar-refractivity contribution in [3.8, 4) is 0 Å². The van der Waals surface area contributed by atoms with Crippen molar-refractivity contribution >= 4 is 26.9 Å². The van der Waals surface area contributed by atoms with Gasteiger partial charge < -0.3 is 9.32 Å². The minimum atomic E-state index is -3.23. The van der Waals surface area contributed by atoms with E-state index in [1.54, 1.807) is 6.26 Å². The molecule has 1 aromatic carbocycles. The van der Waals surface area contributed by atoms with Gasteiger partial charge in [-0.3, -0.25) is 4.79 Å². The summed E-state index contributed by atoms with van der Waals surface area (Å²) >= 11 is 0. The van der Waals surface area contributed by atoms with Crippen LogP contribution in [0, 0.1) is 25.7 Å². The van der Waals surface area contributed by atoms with Gasteiger partial charge in [-0.05, 0) is 55.7 Å². The smallest absolute Gasteiger partial charge is 0.227 e. The molecule has 1 saturated carbocycles. The number of piperidine rings is 1. The van der Waals surface area contributed by atoms with Crippen molar-refractivity contribution < 1.29 is 17.6 Å². The number of nitrogens with one attached hydrogen (secondary N) is 1. The summed E-state index contributed by atoms with van der Waals surface area (Å²) in [6.45, 7) is 5.32. The Bertz CT molecular complexity index is 981. The van der Waals surface area contributed by atoms with Gasteiger partial charge in [0.2, 0.25) is 15.9 Å². The van der Waals surface area contributed by atoms with Crippen molar-refractivity contribution in [3.63, 3.8) is 0 Å². The summed E-state index contributed by atoms with van der Waals surface area (Å²) in [6.07, 6.45) is 5.16. The van der Waals surface area contributed by atoms with Crippen molar-refractivity contribution in [1.82, 2.24) is 9.62 Å². The largest absolute Gasteiger partial charge is 0.464 e. The first-order valence-corrected chi connectivity index (χ1v) is 11.3. The van der Waals surface area contributed by atoms with Gasteiger partial charge in [0.15, 0.2) is 0 Å². The van der Waals surface area contributed by atoms with Crippen LogP contribution < -0.4 is 4.72 Å². The third-order valence-electron chi connectivity index (χ3n) is 5.97. The minimum absolute atomic E-state index is 0.0379. The highest BCUT2D eigenvalue weighted by Crippen LogP contribution is 2.37. The van der Waals surface area contributed by atoms with Gasteiger partial charge in [-0.1, -0.05) is 6.07 Å². The number of furan rings is 1. The average Bonchev–Trinajstić information content (AvgIpc) is 3.02. The normalized spacial score (nSPS) is 25.3. The van der Waals surface area contributed by atoms with Gasteiger partial charge in [0.05, 0.1) is 18.9 Å². The Morgan fingerprint density at radius 1 is 1.22 bits per heavy atom. The number of likely N-dealkylation sites (tertiary alicyclic amines) is 1. The van der Waals surface area contributed by atoms with Crippen molar-refractivity contribution in [2.24, 2.45) is 11.8 Å². The highest BCUT2D eigenvalue weighted by molar-refractivity contribution is 7.88. The molecule has 146 valence electrons. The molecule has 2 atom stereocenters. The number of benzene rings is 1. The zero-order valence-corrected chi connectivity index (χ0v) is 16.8. The van der Waals surface area contributed by atoms with Crippen molar-refractivity contribution in [1.29, 1.82) is 0 Å². The second-order valence-electron chi connectivity index (χ2n) is 8.20. The fourth-order valence-electron chi connectivity index (χ4n) is 4.90. The lowest BCUT2D eigenvalue weighted by atomic mass is 9.92. The van der Waals surface area contributed by atoms with Gasteiger partial charge >= 0.3 is 0 Å². The summed E-state index contributed by atoms with van der Waals surface area (Å²) in [5.41, 5.74) is 4.02. The van der Waals surface area contributed by atoms with Crippen LogP contribution in [0.5, 0.6) is 0 Å². The maximum Gasteiger partial charge on any atom is 0.227 e. The van der Waals surface area contributed by atoms with E-state index < -0.39 is 10.0 Å². The maximum atomic E-state index is 12.9. The molecular formula is C20H26N2O4S. The third-order valence-corrected chi connectivity index (χ3v) is 6.67. The number of carbonyl (C=O) groups is 1. The Morgan fingerprint density at radius 3 is 2.52 bits per heavy atom. The molecule has 27 heavy (non-hydrogen) atoms. The minimum Gasteiger partial charge on any atom is -0.464 e. The van der Waals surface area contributed by atoms with Crippen LogP contribution >= 0.6 is 0 Å². The van der Waals surface area contributed by atoms with Crippen LogP contribution in [0.2, 0.25) is 0 Å². The van der Waals surface area contributed by atoms with Crippen molar-refractivity contribution in [2.45, 2.75) is 39.2 Å². The van der Waals surface area contributed by atoms with Gasteiger partial charge in [-0.25, -0.2) is 13.1 Å². The van der Waals surface area contributed by atoms with E-state index in [0.717, 1.165) is 40.5 Å². The highest BCUT2D eigenvalue weighted by Gasteiger charge is 2.44. The maximum absolute atomic E-state index is 12.9. The first kappa shape index (κ1) is 18.5. The highest BCUT2D eigenvalue weighted by atomic mass is 32.2. The standard InChI is InChI=1S/C20H26N2O4S/c1-12-6-13(2)19-16(11-26-17(19)7-12)8-18(23)22-9-14-4-5-15(10-22)20(14)21-27(3,24)25/h6-7,11,14-15,20-21H,4-5,8-10H2,1-3H3. The Morgan fingerprint density at radius 2 is 1.89 bits per heavy atom. The zero-order valence-electron chi connectivity index (χ0n) is 16.0. The molecule has 7 heteroatoms. The molecule has 4 rings (SSSR count). The molecule has 2 heterocycles. The van der Waals surface area contributed by atoms with Crippen LogP contribution in [-0.4, -0.2) is 44.6 Å². The van der Waals surface area contributed by atoms with E-state index in [4.69, 9.17) is 4.42 Å². The molecule has 0 radical (unpaired) electrons. The molecule has 1 aromatic heterocycles. The van der Waals surface area contributed by atoms with Gasteiger partial charge in [-0.2, -0.15) is 0 Å². The van der Waals surface area contributed by atoms with Crippen molar-refractivity contribution in [3.05, 3.63) is 35.1 Å². The number of aryl methyl sites for hydroxylation is 2. The molecule has 2 aliphatic rings. The fraction of sp³-hybridized carbons (Fsp3) is 0.550. The number of sulfonamides is 1. The molecule has 1 saturated heterocycles. The van der Waals surface area contributed by atoms with E-state index in [9.17, 15) is 13.2 Å². The average molecular weight is 391 g/mol. The molecular weight excluding hydrogens is 364 g/mol. The number of nitrogens with zero attached hydrogens (tertiary/aromatic N) is 1. The Balaban J connectivity index is 1.49. The molecule has 6 nitrogen and oxygen atoms in total. The predicted octanol–water partition coefficient (Wildman–Crippen LogP) is 2.38. The molecule has 1 aliphatic heterocycles. The van der Waals surface area contributed by atoms with E-state index in [0.29, 0.717) is 19.5 Å². The monoisotopic (exact) mass is 390 g/mol. The van der Waals surface area contributed by atoms with Crippen LogP contribution in [0.4, 0.5) is 0 Å². The summed E-state index contributed by atoms with van der Waals surface area (Å²) in [6, 6.07) is 4.07. The number of carbonyl (C=O) groups excluding carboxylic acids is 1. The van der Waals surface area contributed by atoms with Gasteiger partial charge in [-0.15, -0.1) is 0 Å². The predicted molar refractivity (Wildman–Crippen MR) is 104 cm³/mol. The van der Waals surface area contributed by atoms with E-state index in [1.807, 2.05) is 24.8 Å². The molecule has 1 aliphatic carbocycles. The van der Waals surface area contributed by atoms with Gasteiger partial charge in [0, 0.05) is 30.1 Å². The summed E-state index contributed by atoms with van der Waals surface area (Å²) < 4.78 is 31.7. The summed E-state index contributed by atoms with van der Waals surface area (Å²) in [4.78, 5) is 14.9. The molecule has 1 N–H and O–H groups in total. The first-order chi connectivity index (χ1) is 12.7. The lowest BCUT2D eigenvalue weighted by molar-refractivity contribution is -0.132. The van der Waals surface area contributed by atoms with E-state index in [-0.39, 0.29) is 23.8 Å². The fourth-order valence-corrected chi connectivity index (χ4v) is 5.78. The molecule has 1 amide bonds. The Hall–Kier alpha value is -1.86. The van der Waals surface area contributed by atoms with E-state index >= 15 is 0 Å². The van der Waals surface area contributed by atoms with Gasteiger partial charge in [0.25, 0.3) is 0 Å². The number of hydrogen-bond acceptors (Lipinski definition) is 4. The van der Waals surface area contributed by atoms with Crippen molar-refractivity contribution in [2.75, 3.05) is 19.3 Å². The molecule has 2 unspecified atom stereocenters.